The molecule has 4 nitrogen and oxygen atoms in total. The van der Waals surface area contributed by atoms with Crippen LogP contribution in [0.4, 0.5) is 0 Å². The van der Waals surface area contributed by atoms with Crippen molar-refractivity contribution in [1.29, 1.82) is 0 Å². The second kappa shape index (κ2) is 6.60. The van der Waals surface area contributed by atoms with Crippen molar-refractivity contribution in [2.75, 3.05) is 6.54 Å². The predicted molar refractivity (Wildman–Crippen MR) is 66.3 cm³/mol. The highest BCUT2D eigenvalue weighted by atomic mass is 32.1. The number of carbonyl (C=O) groups is 1. The molecule has 1 unspecified atom stereocenters. The van der Waals surface area contributed by atoms with Gasteiger partial charge in [0, 0.05) is 11.9 Å². The number of rotatable bonds is 6. The first kappa shape index (κ1) is 13.1. The molecule has 90 valence electrons. The maximum atomic E-state index is 11.5. The van der Waals surface area contributed by atoms with Crippen molar-refractivity contribution in [2.45, 2.75) is 39.2 Å². The van der Waals surface area contributed by atoms with E-state index in [2.05, 4.69) is 17.2 Å². The van der Waals surface area contributed by atoms with Crippen LogP contribution in [0.5, 0.6) is 0 Å². The number of hydrogen-bond acceptors (Lipinski definition) is 4. The first-order valence-corrected chi connectivity index (χ1v) is 6.48. The molecular weight excluding hydrogens is 222 g/mol. The van der Waals surface area contributed by atoms with Gasteiger partial charge < -0.3 is 11.1 Å². The summed E-state index contributed by atoms with van der Waals surface area (Å²) < 4.78 is 0. The smallest absolute Gasteiger partial charge is 0.226 e. The van der Waals surface area contributed by atoms with E-state index in [0.717, 1.165) is 30.1 Å². The van der Waals surface area contributed by atoms with E-state index in [4.69, 9.17) is 5.73 Å². The molecule has 0 spiro atoms. The van der Waals surface area contributed by atoms with Crippen LogP contribution in [0.15, 0.2) is 5.38 Å². The van der Waals surface area contributed by atoms with Crippen molar-refractivity contribution in [2.24, 2.45) is 5.73 Å². The first-order valence-electron chi connectivity index (χ1n) is 5.60. The predicted octanol–water partition coefficient (Wildman–Crippen LogP) is 1.62. The fourth-order valence-corrected chi connectivity index (χ4v) is 2.02. The Bertz CT molecular complexity index is 336. The van der Waals surface area contributed by atoms with Crippen LogP contribution in [-0.2, 0) is 11.2 Å². The van der Waals surface area contributed by atoms with Gasteiger partial charge in [0.2, 0.25) is 5.91 Å². The highest BCUT2D eigenvalue weighted by molar-refractivity contribution is 7.09. The van der Waals surface area contributed by atoms with Gasteiger partial charge in [-0.2, -0.15) is 0 Å². The number of aromatic nitrogens is 1. The van der Waals surface area contributed by atoms with Crippen LogP contribution in [-0.4, -0.2) is 17.4 Å². The molecule has 16 heavy (non-hydrogen) atoms. The van der Waals surface area contributed by atoms with E-state index >= 15 is 0 Å². The molecule has 1 atom stereocenters. The molecular formula is C11H19N3OS. The van der Waals surface area contributed by atoms with E-state index in [1.54, 1.807) is 0 Å². The summed E-state index contributed by atoms with van der Waals surface area (Å²) in [6, 6.07) is -0.0538. The SMILES string of the molecule is CCCCNC(=O)Cc1csc(C(C)N)n1. The third kappa shape index (κ3) is 4.28. The zero-order valence-electron chi connectivity index (χ0n) is 9.82. The van der Waals surface area contributed by atoms with Crippen molar-refractivity contribution < 1.29 is 4.79 Å². The van der Waals surface area contributed by atoms with Crippen LogP contribution in [0.3, 0.4) is 0 Å². The molecule has 1 aromatic rings. The molecule has 1 amide bonds. The van der Waals surface area contributed by atoms with Crippen LogP contribution in [0.1, 0.15) is 43.4 Å². The molecule has 0 saturated heterocycles. The molecule has 0 radical (unpaired) electrons. The summed E-state index contributed by atoms with van der Waals surface area (Å²) >= 11 is 1.51. The summed E-state index contributed by atoms with van der Waals surface area (Å²) in [5.41, 5.74) is 6.51. The Morgan fingerprint density at radius 1 is 1.69 bits per heavy atom. The lowest BCUT2D eigenvalue weighted by Gasteiger charge is -2.02. The Morgan fingerprint density at radius 3 is 3.00 bits per heavy atom. The average molecular weight is 241 g/mol. The molecule has 0 fully saturated rings. The fourth-order valence-electron chi connectivity index (χ4n) is 1.24. The molecule has 0 aliphatic rings. The van der Waals surface area contributed by atoms with Gasteiger partial charge in [0.25, 0.3) is 0 Å². The van der Waals surface area contributed by atoms with E-state index in [-0.39, 0.29) is 11.9 Å². The Balaban J connectivity index is 2.37. The summed E-state index contributed by atoms with van der Waals surface area (Å²) in [6.45, 7) is 4.74. The number of amides is 1. The summed E-state index contributed by atoms with van der Waals surface area (Å²) in [6.07, 6.45) is 2.46. The van der Waals surface area contributed by atoms with Crippen molar-refractivity contribution >= 4 is 17.2 Å². The molecule has 0 aliphatic heterocycles. The lowest BCUT2D eigenvalue weighted by molar-refractivity contribution is -0.120. The van der Waals surface area contributed by atoms with Crippen LogP contribution in [0.25, 0.3) is 0 Å². The standard InChI is InChI=1S/C11H19N3OS/c1-3-4-5-13-10(15)6-9-7-16-11(14-9)8(2)12/h7-8H,3-6,12H2,1-2H3,(H,13,15). The monoisotopic (exact) mass is 241 g/mol. The molecule has 0 saturated carbocycles. The minimum absolute atomic E-state index is 0.0370. The van der Waals surface area contributed by atoms with E-state index in [0.29, 0.717) is 6.42 Å². The van der Waals surface area contributed by atoms with Gasteiger partial charge in [0.05, 0.1) is 18.2 Å². The van der Waals surface area contributed by atoms with Gasteiger partial charge in [-0.25, -0.2) is 4.98 Å². The Morgan fingerprint density at radius 2 is 2.44 bits per heavy atom. The highest BCUT2D eigenvalue weighted by Gasteiger charge is 2.09. The second-order valence-corrected chi connectivity index (χ2v) is 4.74. The second-order valence-electron chi connectivity index (χ2n) is 3.85. The molecule has 0 aliphatic carbocycles. The number of thiazole rings is 1. The number of carbonyl (C=O) groups excluding carboxylic acids is 1. The number of unbranched alkanes of at least 4 members (excludes halogenated alkanes) is 1. The van der Waals surface area contributed by atoms with E-state index < -0.39 is 0 Å². The summed E-state index contributed by atoms with van der Waals surface area (Å²) in [5, 5.41) is 5.65. The van der Waals surface area contributed by atoms with Crippen molar-refractivity contribution in [1.82, 2.24) is 10.3 Å². The molecule has 1 aromatic heterocycles. The number of nitrogens with one attached hydrogen (secondary N) is 1. The van der Waals surface area contributed by atoms with Gasteiger partial charge in [-0.1, -0.05) is 13.3 Å². The topological polar surface area (TPSA) is 68.0 Å². The number of nitrogens with zero attached hydrogens (tertiary/aromatic N) is 1. The average Bonchev–Trinajstić information content (AvgIpc) is 2.66. The van der Waals surface area contributed by atoms with E-state index in [9.17, 15) is 4.79 Å². The summed E-state index contributed by atoms with van der Waals surface area (Å²) in [4.78, 5) is 15.8. The van der Waals surface area contributed by atoms with E-state index in [1.807, 2.05) is 12.3 Å². The van der Waals surface area contributed by atoms with Crippen LogP contribution < -0.4 is 11.1 Å². The van der Waals surface area contributed by atoms with Crippen LogP contribution in [0.2, 0.25) is 0 Å². The molecule has 0 aromatic carbocycles. The van der Waals surface area contributed by atoms with Crippen molar-refractivity contribution in [3.63, 3.8) is 0 Å². The van der Waals surface area contributed by atoms with Crippen LogP contribution >= 0.6 is 11.3 Å². The minimum atomic E-state index is -0.0538. The quantitative estimate of drug-likeness (QED) is 0.744. The molecule has 1 heterocycles. The maximum absolute atomic E-state index is 11.5. The van der Waals surface area contributed by atoms with Crippen LogP contribution in [0, 0.1) is 0 Å². The maximum Gasteiger partial charge on any atom is 0.226 e. The fraction of sp³-hybridized carbons (Fsp3) is 0.636. The molecule has 0 bridgehead atoms. The van der Waals surface area contributed by atoms with Gasteiger partial charge in [0.15, 0.2) is 0 Å². The third-order valence-electron chi connectivity index (χ3n) is 2.15. The summed E-state index contributed by atoms with van der Waals surface area (Å²) in [5.74, 6) is 0.0370. The largest absolute Gasteiger partial charge is 0.356 e. The molecule has 3 N–H and O–H groups in total. The highest BCUT2D eigenvalue weighted by Crippen LogP contribution is 2.15. The molecule has 1 rings (SSSR count). The third-order valence-corrected chi connectivity index (χ3v) is 3.25. The van der Waals surface area contributed by atoms with E-state index in [1.165, 1.54) is 11.3 Å². The number of hydrogen-bond donors (Lipinski definition) is 2. The first-order chi connectivity index (χ1) is 7.63. The normalized spacial score (nSPS) is 12.4. The Kier molecular flexibility index (Phi) is 5.42. The van der Waals surface area contributed by atoms with Gasteiger partial charge in [0.1, 0.15) is 5.01 Å². The zero-order valence-corrected chi connectivity index (χ0v) is 10.6. The minimum Gasteiger partial charge on any atom is -0.356 e. The van der Waals surface area contributed by atoms with Crippen molar-refractivity contribution in [3.05, 3.63) is 16.1 Å². The zero-order chi connectivity index (χ0) is 12.0. The summed E-state index contributed by atoms with van der Waals surface area (Å²) in [7, 11) is 0. The van der Waals surface area contributed by atoms with Gasteiger partial charge in [-0.05, 0) is 13.3 Å². The lowest BCUT2D eigenvalue weighted by Crippen LogP contribution is -2.26. The number of nitrogens with two attached hydrogens (primary N) is 1. The lowest BCUT2D eigenvalue weighted by atomic mass is 10.3. The van der Waals surface area contributed by atoms with Gasteiger partial charge >= 0.3 is 0 Å². The Hall–Kier alpha value is -0.940. The Labute approximate surface area is 100 Å². The van der Waals surface area contributed by atoms with Gasteiger partial charge in [-0.3, -0.25) is 4.79 Å². The molecule has 5 heteroatoms. The van der Waals surface area contributed by atoms with Crippen molar-refractivity contribution in [3.8, 4) is 0 Å². The van der Waals surface area contributed by atoms with Gasteiger partial charge in [-0.15, -0.1) is 11.3 Å².